The van der Waals surface area contributed by atoms with Gasteiger partial charge in [0.1, 0.15) is 0 Å². The molecule has 6 heteroatoms. The molecule has 0 aromatic heterocycles. The maximum atomic E-state index is 12.2. The summed E-state index contributed by atoms with van der Waals surface area (Å²) in [4.78, 5) is 2.99. The fourth-order valence-electron chi connectivity index (χ4n) is 4.03. The molecule has 1 heterocycles. The second-order valence-electron chi connectivity index (χ2n) is 7.31. The summed E-state index contributed by atoms with van der Waals surface area (Å²) in [6.07, 6.45) is 6.53. The Morgan fingerprint density at radius 1 is 1.12 bits per heavy atom. The smallest absolute Gasteiger partial charge is 0.242 e. The Bertz CT molecular complexity index is 641. The average Bonchev–Trinajstić information content (AvgIpc) is 2.58. The van der Waals surface area contributed by atoms with Crippen molar-refractivity contribution in [2.24, 2.45) is 0 Å². The van der Waals surface area contributed by atoms with Crippen LogP contribution in [0.1, 0.15) is 37.7 Å². The number of benzene rings is 1. The van der Waals surface area contributed by atoms with Crippen LogP contribution < -0.4 is 5.32 Å². The molecule has 24 heavy (non-hydrogen) atoms. The van der Waals surface area contributed by atoms with E-state index in [0.717, 1.165) is 26.2 Å². The monoisotopic (exact) mass is 351 g/mol. The molecule has 0 atom stereocenters. The van der Waals surface area contributed by atoms with Crippen LogP contribution in [0.5, 0.6) is 0 Å². The van der Waals surface area contributed by atoms with Gasteiger partial charge in [-0.15, -0.1) is 0 Å². The molecule has 1 aromatic rings. The molecular formula is C18H29N3O2S. The zero-order valence-electron chi connectivity index (χ0n) is 14.8. The molecule has 3 rings (SSSR count). The van der Waals surface area contributed by atoms with E-state index in [1.54, 1.807) is 26.2 Å². The molecule has 2 aliphatic rings. The zero-order valence-corrected chi connectivity index (χ0v) is 15.6. The third-order valence-corrected chi connectivity index (χ3v) is 7.37. The van der Waals surface area contributed by atoms with Crippen molar-refractivity contribution < 1.29 is 8.42 Å². The van der Waals surface area contributed by atoms with Gasteiger partial charge in [0.25, 0.3) is 0 Å². The van der Waals surface area contributed by atoms with Gasteiger partial charge in [-0.3, -0.25) is 4.90 Å². The lowest BCUT2D eigenvalue weighted by Gasteiger charge is -2.50. The van der Waals surface area contributed by atoms with E-state index < -0.39 is 10.0 Å². The van der Waals surface area contributed by atoms with Gasteiger partial charge in [0.05, 0.1) is 4.90 Å². The quantitative estimate of drug-likeness (QED) is 0.902. The minimum Gasteiger partial charge on any atom is -0.314 e. The average molecular weight is 352 g/mol. The lowest BCUT2D eigenvalue weighted by molar-refractivity contribution is 0.0209. The Balaban J connectivity index is 1.75. The summed E-state index contributed by atoms with van der Waals surface area (Å²) in [7, 11) is -0.211. The van der Waals surface area contributed by atoms with Gasteiger partial charge >= 0.3 is 0 Å². The molecule has 5 nitrogen and oxygen atoms in total. The van der Waals surface area contributed by atoms with Gasteiger partial charge < -0.3 is 5.32 Å². The number of hydrogen-bond donors (Lipinski definition) is 1. The standard InChI is InChI=1S/C18H29N3O2S/c1-20(2)24(22,23)17-8-6-16(7-9-17)14-21-13-12-19-15-18(21)10-4-3-5-11-18/h6-9,19H,3-5,10-15H2,1-2H3. The van der Waals surface area contributed by atoms with E-state index in [9.17, 15) is 8.42 Å². The Labute approximate surface area is 146 Å². The zero-order chi connectivity index (χ0) is 17.2. The molecular weight excluding hydrogens is 322 g/mol. The first-order valence-corrected chi connectivity index (χ1v) is 10.4. The topological polar surface area (TPSA) is 52.7 Å². The van der Waals surface area contributed by atoms with Gasteiger partial charge in [-0.25, -0.2) is 12.7 Å². The molecule has 0 bridgehead atoms. The predicted octanol–water partition coefficient (Wildman–Crippen LogP) is 2.04. The van der Waals surface area contributed by atoms with Crippen molar-refractivity contribution in [1.82, 2.24) is 14.5 Å². The third kappa shape index (κ3) is 3.52. The summed E-state index contributed by atoms with van der Waals surface area (Å²) in [5.41, 5.74) is 1.49. The fraction of sp³-hybridized carbons (Fsp3) is 0.667. The lowest BCUT2D eigenvalue weighted by atomic mass is 9.79. The van der Waals surface area contributed by atoms with Crippen molar-refractivity contribution >= 4 is 10.0 Å². The highest BCUT2D eigenvalue weighted by molar-refractivity contribution is 7.89. The van der Waals surface area contributed by atoms with E-state index in [4.69, 9.17) is 0 Å². The minimum absolute atomic E-state index is 0.297. The molecule has 1 aliphatic carbocycles. The van der Waals surface area contributed by atoms with Gasteiger partial charge in [-0.2, -0.15) is 0 Å². The molecule has 2 fully saturated rings. The molecule has 0 unspecified atom stereocenters. The van der Waals surface area contributed by atoms with E-state index in [1.807, 2.05) is 12.1 Å². The molecule has 1 N–H and O–H groups in total. The highest BCUT2D eigenvalue weighted by Crippen LogP contribution is 2.35. The summed E-state index contributed by atoms with van der Waals surface area (Å²) in [6.45, 7) is 4.09. The first-order chi connectivity index (χ1) is 11.4. The van der Waals surface area contributed by atoms with Crippen LogP contribution >= 0.6 is 0 Å². The second-order valence-corrected chi connectivity index (χ2v) is 9.47. The number of rotatable bonds is 4. The minimum atomic E-state index is -3.34. The maximum Gasteiger partial charge on any atom is 0.242 e. The van der Waals surface area contributed by atoms with E-state index in [1.165, 1.54) is 42.0 Å². The molecule has 1 saturated carbocycles. The Morgan fingerprint density at radius 3 is 2.42 bits per heavy atom. The Kier molecular flexibility index (Phi) is 5.30. The molecule has 134 valence electrons. The number of piperazine rings is 1. The summed E-state index contributed by atoms with van der Waals surface area (Å²) in [6, 6.07) is 7.41. The Hall–Kier alpha value is -0.950. The number of sulfonamides is 1. The van der Waals surface area contributed by atoms with Crippen molar-refractivity contribution in [3.8, 4) is 0 Å². The van der Waals surface area contributed by atoms with Crippen LogP contribution in [-0.4, -0.2) is 56.9 Å². The summed E-state index contributed by atoms with van der Waals surface area (Å²) in [5.74, 6) is 0. The number of hydrogen-bond acceptors (Lipinski definition) is 4. The third-order valence-electron chi connectivity index (χ3n) is 5.54. The molecule has 0 radical (unpaired) electrons. The van der Waals surface area contributed by atoms with Crippen LogP contribution in [0.3, 0.4) is 0 Å². The van der Waals surface area contributed by atoms with Crippen LogP contribution in [-0.2, 0) is 16.6 Å². The second kappa shape index (κ2) is 7.12. The summed E-state index contributed by atoms with van der Waals surface area (Å²) < 4.78 is 25.6. The van der Waals surface area contributed by atoms with Crippen molar-refractivity contribution in [2.75, 3.05) is 33.7 Å². The van der Waals surface area contributed by atoms with E-state index in [2.05, 4.69) is 10.2 Å². The summed E-state index contributed by atoms with van der Waals surface area (Å²) >= 11 is 0. The van der Waals surface area contributed by atoms with Crippen LogP contribution in [0, 0.1) is 0 Å². The molecule has 0 amide bonds. The first kappa shape index (κ1) is 17.9. The highest BCUT2D eigenvalue weighted by atomic mass is 32.2. The predicted molar refractivity (Wildman–Crippen MR) is 96.4 cm³/mol. The molecule has 1 aromatic carbocycles. The fourth-order valence-corrected chi connectivity index (χ4v) is 4.93. The van der Waals surface area contributed by atoms with Crippen molar-refractivity contribution in [3.63, 3.8) is 0 Å². The maximum absolute atomic E-state index is 12.2. The largest absolute Gasteiger partial charge is 0.314 e. The van der Waals surface area contributed by atoms with Crippen molar-refractivity contribution in [3.05, 3.63) is 29.8 Å². The Morgan fingerprint density at radius 2 is 1.79 bits per heavy atom. The lowest BCUT2D eigenvalue weighted by Crippen LogP contribution is -2.61. The first-order valence-electron chi connectivity index (χ1n) is 8.91. The van der Waals surface area contributed by atoms with E-state index >= 15 is 0 Å². The van der Waals surface area contributed by atoms with Crippen LogP contribution in [0.15, 0.2) is 29.2 Å². The van der Waals surface area contributed by atoms with Crippen LogP contribution in [0.2, 0.25) is 0 Å². The highest BCUT2D eigenvalue weighted by Gasteiger charge is 2.39. The van der Waals surface area contributed by atoms with E-state index in [-0.39, 0.29) is 0 Å². The molecule has 1 aliphatic heterocycles. The van der Waals surface area contributed by atoms with Gasteiger partial charge in [0.15, 0.2) is 0 Å². The van der Waals surface area contributed by atoms with Gasteiger partial charge in [-0.05, 0) is 30.5 Å². The van der Waals surface area contributed by atoms with E-state index in [0.29, 0.717) is 10.4 Å². The van der Waals surface area contributed by atoms with Crippen molar-refractivity contribution in [2.45, 2.75) is 49.1 Å². The number of nitrogens with zero attached hydrogens (tertiary/aromatic N) is 2. The molecule has 1 saturated heterocycles. The van der Waals surface area contributed by atoms with Gasteiger partial charge in [-0.1, -0.05) is 31.4 Å². The van der Waals surface area contributed by atoms with Crippen molar-refractivity contribution in [1.29, 1.82) is 0 Å². The summed E-state index contributed by atoms with van der Waals surface area (Å²) in [5, 5.41) is 3.58. The van der Waals surface area contributed by atoms with Crippen LogP contribution in [0.25, 0.3) is 0 Å². The van der Waals surface area contributed by atoms with Gasteiger partial charge in [0.2, 0.25) is 10.0 Å². The normalized spacial score (nSPS) is 22.1. The SMILES string of the molecule is CN(C)S(=O)(=O)c1ccc(CN2CCNCC23CCCCC3)cc1. The number of nitrogens with one attached hydrogen (secondary N) is 1. The van der Waals surface area contributed by atoms with Crippen LogP contribution in [0.4, 0.5) is 0 Å². The van der Waals surface area contributed by atoms with Gasteiger partial charge in [0, 0.05) is 45.8 Å². The molecule has 1 spiro atoms.